The SMILES string of the molecule is C/C=C/Cn1[nH]c(=S)nc1Cc1ccc(-c2ccccc2-c2nn[nH]n2)cc1. The van der Waals surface area contributed by atoms with Crippen molar-refractivity contribution >= 4 is 12.2 Å². The maximum Gasteiger partial charge on any atom is 0.213 e. The Morgan fingerprint density at radius 3 is 2.57 bits per heavy atom. The molecule has 0 unspecified atom stereocenters. The molecule has 0 aliphatic heterocycles. The lowest BCUT2D eigenvalue weighted by atomic mass is 9.98. The molecule has 0 spiro atoms. The fraction of sp³-hybridized carbons (Fsp3) is 0.150. The molecular formula is C20H19N7S. The molecule has 0 aliphatic rings. The van der Waals surface area contributed by atoms with Crippen LogP contribution < -0.4 is 0 Å². The Labute approximate surface area is 167 Å². The number of aromatic nitrogens is 7. The van der Waals surface area contributed by atoms with Crippen LogP contribution in [-0.4, -0.2) is 35.4 Å². The van der Waals surface area contributed by atoms with E-state index in [1.165, 1.54) is 0 Å². The average molecular weight is 389 g/mol. The van der Waals surface area contributed by atoms with Gasteiger partial charge in [-0.25, -0.2) is 4.98 Å². The van der Waals surface area contributed by atoms with Crippen molar-refractivity contribution in [2.24, 2.45) is 0 Å². The summed E-state index contributed by atoms with van der Waals surface area (Å²) in [6, 6.07) is 16.5. The number of rotatable bonds is 6. The van der Waals surface area contributed by atoms with Gasteiger partial charge in [-0.05, 0) is 41.0 Å². The number of hydrogen-bond acceptors (Lipinski definition) is 5. The van der Waals surface area contributed by atoms with Gasteiger partial charge in [0.15, 0.2) is 0 Å². The summed E-state index contributed by atoms with van der Waals surface area (Å²) < 4.78 is 2.48. The van der Waals surface area contributed by atoms with Gasteiger partial charge < -0.3 is 0 Å². The third kappa shape index (κ3) is 3.81. The van der Waals surface area contributed by atoms with E-state index in [1.54, 1.807) is 0 Å². The Bertz CT molecular complexity index is 1140. The quantitative estimate of drug-likeness (QED) is 0.385. The summed E-state index contributed by atoms with van der Waals surface area (Å²) in [7, 11) is 0. The van der Waals surface area contributed by atoms with Crippen molar-refractivity contribution in [3.8, 4) is 22.5 Å². The normalized spacial score (nSPS) is 11.3. The molecule has 8 heteroatoms. The Morgan fingerprint density at radius 1 is 1.07 bits per heavy atom. The monoisotopic (exact) mass is 389 g/mol. The second-order valence-corrected chi connectivity index (χ2v) is 6.67. The first-order chi connectivity index (χ1) is 13.7. The van der Waals surface area contributed by atoms with E-state index in [0.29, 0.717) is 17.0 Å². The van der Waals surface area contributed by atoms with Gasteiger partial charge in [0.1, 0.15) is 5.82 Å². The topological polar surface area (TPSA) is 88.1 Å². The first-order valence-electron chi connectivity index (χ1n) is 8.93. The van der Waals surface area contributed by atoms with Crippen molar-refractivity contribution in [3.63, 3.8) is 0 Å². The van der Waals surface area contributed by atoms with Crippen LogP contribution in [0.15, 0.2) is 60.7 Å². The summed E-state index contributed by atoms with van der Waals surface area (Å²) in [5.74, 6) is 1.50. The molecule has 4 aromatic rings. The number of tetrazole rings is 1. The molecule has 0 fully saturated rings. The van der Waals surface area contributed by atoms with Gasteiger partial charge in [-0.1, -0.05) is 60.7 Å². The van der Waals surface area contributed by atoms with Crippen molar-refractivity contribution in [1.29, 1.82) is 0 Å². The second kappa shape index (κ2) is 8.10. The lowest BCUT2D eigenvalue weighted by Crippen LogP contribution is -2.05. The summed E-state index contributed by atoms with van der Waals surface area (Å²) in [5, 5.41) is 17.5. The van der Waals surface area contributed by atoms with Crippen molar-refractivity contribution in [3.05, 3.63) is 76.8 Å². The lowest BCUT2D eigenvalue weighted by molar-refractivity contribution is 0.658. The van der Waals surface area contributed by atoms with Gasteiger partial charge >= 0.3 is 0 Å². The minimum atomic E-state index is 0.505. The molecule has 0 radical (unpaired) electrons. The standard InChI is InChI=1S/C20H19N7S/c1-2-3-12-27-18(21-20(28)24-27)13-14-8-10-15(11-9-14)16-6-4-5-7-17(16)19-22-25-26-23-19/h2-11H,12-13H2,1H3,(H,24,28)(H,22,23,25,26)/b3-2+. The maximum atomic E-state index is 5.19. The largest absolute Gasteiger partial charge is 0.271 e. The van der Waals surface area contributed by atoms with E-state index >= 15 is 0 Å². The number of nitrogens with one attached hydrogen (secondary N) is 2. The highest BCUT2D eigenvalue weighted by Gasteiger charge is 2.11. The highest BCUT2D eigenvalue weighted by atomic mass is 32.1. The molecule has 2 aromatic carbocycles. The fourth-order valence-corrected chi connectivity index (χ4v) is 3.29. The van der Waals surface area contributed by atoms with Gasteiger partial charge in [0.2, 0.25) is 10.6 Å². The van der Waals surface area contributed by atoms with Gasteiger partial charge in [0, 0.05) is 12.0 Å². The Morgan fingerprint density at radius 2 is 1.86 bits per heavy atom. The van der Waals surface area contributed by atoms with Crippen molar-refractivity contribution in [2.75, 3.05) is 0 Å². The summed E-state index contributed by atoms with van der Waals surface area (Å²) in [5.41, 5.74) is 4.26. The number of aromatic amines is 2. The molecule has 28 heavy (non-hydrogen) atoms. The van der Waals surface area contributed by atoms with E-state index in [0.717, 1.165) is 34.6 Å². The zero-order valence-electron chi connectivity index (χ0n) is 15.3. The minimum absolute atomic E-state index is 0.505. The number of H-pyrrole nitrogens is 2. The maximum absolute atomic E-state index is 5.19. The average Bonchev–Trinajstić information content (AvgIpc) is 3.37. The van der Waals surface area contributed by atoms with E-state index in [4.69, 9.17) is 12.2 Å². The molecule has 7 nitrogen and oxygen atoms in total. The predicted molar refractivity (Wildman–Crippen MR) is 110 cm³/mol. The molecule has 0 aliphatic carbocycles. The molecule has 2 aromatic heterocycles. The highest BCUT2D eigenvalue weighted by molar-refractivity contribution is 7.71. The van der Waals surface area contributed by atoms with Crippen molar-refractivity contribution < 1.29 is 0 Å². The zero-order chi connectivity index (χ0) is 19.3. The number of benzene rings is 2. The Hall–Kier alpha value is -3.39. The van der Waals surface area contributed by atoms with Crippen molar-refractivity contribution in [2.45, 2.75) is 19.9 Å². The molecule has 0 atom stereocenters. The van der Waals surface area contributed by atoms with Gasteiger partial charge in [0.25, 0.3) is 0 Å². The van der Waals surface area contributed by atoms with E-state index in [2.05, 4.69) is 67.1 Å². The summed E-state index contributed by atoms with van der Waals surface area (Å²) in [6.07, 6.45) is 4.78. The van der Waals surface area contributed by atoms with E-state index < -0.39 is 0 Å². The first kappa shape index (κ1) is 18.0. The van der Waals surface area contributed by atoms with Crippen LogP contribution in [0.1, 0.15) is 18.3 Å². The van der Waals surface area contributed by atoms with E-state index in [1.807, 2.05) is 35.9 Å². The predicted octanol–water partition coefficient (Wildman–Crippen LogP) is 3.95. The van der Waals surface area contributed by atoms with Gasteiger partial charge in [0.05, 0.1) is 6.54 Å². The molecule has 0 bridgehead atoms. The summed E-state index contributed by atoms with van der Waals surface area (Å²) in [4.78, 5) is 4.45. The van der Waals surface area contributed by atoms with Gasteiger partial charge in [-0.3, -0.25) is 9.78 Å². The number of allylic oxidation sites excluding steroid dienone is 2. The Balaban J connectivity index is 1.60. The van der Waals surface area contributed by atoms with Gasteiger partial charge in [-0.2, -0.15) is 5.21 Å². The van der Waals surface area contributed by atoms with Crippen LogP contribution in [-0.2, 0) is 13.0 Å². The van der Waals surface area contributed by atoms with Crippen LogP contribution in [0, 0.1) is 4.77 Å². The molecule has 0 saturated carbocycles. The molecule has 0 saturated heterocycles. The fourth-order valence-electron chi connectivity index (χ4n) is 3.07. The van der Waals surface area contributed by atoms with Crippen LogP contribution in [0.25, 0.3) is 22.5 Å². The first-order valence-corrected chi connectivity index (χ1v) is 9.34. The van der Waals surface area contributed by atoms with E-state index in [9.17, 15) is 0 Å². The van der Waals surface area contributed by atoms with Gasteiger partial charge in [-0.15, -0.1) is 10.2 Å². The molecule has 140 valence electrons. The smallest absolute Gasteiger partial charge is 0.213 e. The van der Waals surface area contributed by atoms with Crippen LogP contribution in [0.5, 0.6) is 0 Å². The van der Waals surface area contributed by atoms with E-state index in [-0.39, 0.29) is 0 Å². The van der Waals surface area contributed by atoms with Crippen LogP contribution in [0.4, 0.5) is 0 Å². The highest BCUT2D eigenvalue weighted by Crippen LogP contribution is 2.29. The summed E-state index contributed by atoms with van der Waals surface area (Å²) in [6.45, 7) is 2.72. The lowest BCUT2D eigenvalue weighted by Gasteiger charge is -2.08. The van der Waals surface area contributed by atoms with Crippen LogP contribution in [0.2, 0.25) is 0 Å². The summed E-state index contributed by atoms with van der Waals surface area (Å²) >= 11 is 5.19. The second-order valence-electron chi connectivity index (χ2n) is 6.28. The molecule has 0 amide bonds. The third-order valence-electron chi connectivity index (χ3n) is 4.44. The molecule has 2 heterocycles. The number of hydrogen-bond donors (Lipinski definition) is 2. The van der Waals surface area contributed by atoms with Crippen LogP contribution >= 0.6 is 12.2 Å². The van der Waals surface area contributed by atoms with Crippen LogP contribution in [0.3, 0.4) is 0 Å². The molecule has 4 rings (SSSR count). The Kier molecular flexibility index (Phi) is 5.20. The number of nitrogens with zero attached hydrogens (tertiary/aromatic N) is 5. The van der Waals surface area contributed by atoms with Crippen molar-refractivity contribution in [1.82, 2.24) is 35.4 Å². The zero-order valence-corrected chi connectivity index (χ0v) is 16.1. The molecule has 2 N–H and O–H groups in total. The minimum Gasteiger partial charge on any atom is -0.271 e. The third-order valence-corrected chi connectivity index (χ3v) is 4.62. The molecular weight excluding hydrogens is 370 g/mol.